The summed E-state index contributed by atoms with van der Waals surface area (Å²) in [5.41, 5.74) is 0.269. The molecular formula is C13H27NO2. The van der Waals surface area contributed by atoms with Crippen LogP contribution >= 0.6 is 0 Å². The van der Waals surface area contributed by atoms with Gasteiger partial charge in [-0.25, -0.2) is 0 Å². The molecule has 0 aromatic rings. The van der Waals surface area contributed by atoms with Gasteiger partial charge in [-0.2, -0.15) is 0 Å². The van der Waals surface area contributed by atoms with Crippen molar-refractivity contribution in [1.29, 1.82) is 0 Å². The number of ether oxygens (including phenoxy) is 1. The van der Waals surface area contributed by atoms with Crippen LogP contribution < -0.4 is 5.32 Å². The van der Waals surface area contributed by atoms with Crippen LogP contribution in [0.15, 0.2) is 0 Å². The van der Waals surface area contributed by atoms with Gasteiger partial charge >= 0.3 is 0 Å². The summed E-state index contributed by atoms with van der Waals surface area (Å²) in [5, 5.41) is 12.6. The standard InChI is InChI=1S/C13H27NO2/c1-5-13(4)11(7-12(13)16-6-2)14-8-10(3)9-15/h10-12,14-15H,5-9H2,1-4H3. The molecule has 0 bridgehead atoms. The molecule has 1 fully saturated rings. The summed E-state index contributed by atoms with van der Waals surface area (Å²) in [5.74, 6) is 0.340. The smallest absolute Gasteiger partial charge is 0.0658 e. The number of rotatable bonds is 7. The van der Waals surface area contributed by atoms with Crippen LogP contribution in [0.4, 0.5) is 0 Å². The van der Waals surface area contributed by atoms with Crippen molar-refractivity contribution in [3.05, 3.63) is 0 Å². The fourth-order valence-corrected chi connectivity index (χ4v) is 2.47. The molecule has 4 unspecified atom stereocenters. The van der Waals surface area contributed by atoms with E-state index < -0.39 is 0 Å². The van der Waals surface area contributed by atoms with Crippen molar-refractivity contribution >= 4 is 0 Å². The first-order valence-electron chi connectivity index (χ1n) is 6.54. The van der Waals surface area contributed by atoms with Crippen LogP contribution in [0, 0.1) is 11.3 Å². The Morgan fingerprint density at radius 2 is 2.19 bits per heavy atom. The molecule has 0 aromatic carbocycles. The highest BCUT2D eigenvalue weighted by molar-refractivity contribution is 5.04. The number of aliphatic hydroxyl groups is 1. The van der Waals surface area contributed by atoms with Gasteiger partial charge in [0.2, 0.25) is 0 Å². The maximum atomic E-state index is 9.00. The minimum Gasteiger partial charge on any atom is -0.396 e. The third-order valence-electron chi connectivity index (χ3n) is 4.14. The average Bonchev–Trinajstić information content (AvgIpc) is 2.31. The Kier molecular flexibility index (Phi) is 5.22. The second-order valence-corrected chi connectivity index (χ2v) is 5.29. The Bertz CT molecular complexity index is 210. The Morgan fingerprint density at radius 3 is 2.69 bits per heavy atom. The normalized spacial score (nSPS) is 35.8. The third-order valence-corrected chi connectivity index (χ3v) is 4.14. The highest BCUT2D eigenvalue weighted by Gasteiger charge is 2.50. The van der Waals surface area contributed by atoms with Gasteiger partial charge in [-0.3, -0.25) is 0 Å². The quantitative estimate of drug-likeness (QED) is 0.699. The van der Waals surface area contributed by atoms with E-state index in [4.69, 9.17) is 9.84 Å². The van der Waals surface area contributed by atoms with Gasteiger partial charge in [-0.15, -0.1) is 0 Å². The van der Waals surface area contributed by atoms with E-state index in [2.05, 4.69) is 33.0 Å². The lowest BCUT2D eigenvalue weighted by molar-refractivity contribution is -0.126. The monoisotopic (exact) mass is 229 g/mol. The molecule has 3 heteroatoms. The Morgan fingerprint density at radius 1 is 1.50 bits per heavy atom. The molecule has 2 N–H and O–H groups in total. The van der Waals surface area contributed by atoms with Gasteiger partial charge in [-0.05, 0) is 25.7 Å². The van der Waals surface area contributed by atoms with Crippen LogP contribution in [-0.4, -0.2) is 37.0 Å². The van der Waals surface area contributed by atoms with Gasteiger partial charge in [0.25, 0.3) is 0 Å². The van der Waals surface area contributed by atoms with E-state index in [0.29, 0.717) is 18.1 Å². The summed E-state index contributed by atoms with van der Waals surface area (Å²) in [6.07, 6.45) is 2.66. The SMILES string of the molecule is CCOC1CC(NCC(C)CO)C1(C)CC. The van der Waals surface area contributed by atoms with Gasteiger partial charge in [0.05, 0.1) is 6.10 Å². The summed E-state index contributed by atoms with van der Waals surface area (Å²) in [7, 11) is 0. The van der Waals surface area contributed by atoms with E-state index in [1.165, 1.54) is 0 Å². The van der Waals surface area contributed by atoms with Crippen LogP contribution in [0.25, 0.3) is 0 Å². The predicted molar refractivity (Wildman–Crippen MR) is 66.5 cm³/mol. The van der Waals surface area contributed by atoms with E-state index in [0.717, 1.165) is 26.0 Å². The maximum absolute atomic E-state index is 9.00. The molecule has 1 saturated carbocycles. The summed E-state index contributed by atoms with van der Waals surface area (Å²) < 4.78 is 5.76. The Balaban J connectivity index is 2.39. The number of nitrogens with one attached hydrogen (secondary N) is 1. The number of hydrogen-bond acceptors (Lipinski definition) is 3. The van der Waals surface area contributed by atoms with Crippen LogP contribution in [-0.2, 0) is 4.74 Å². The first-order valence-corrected chi connectivity index (χ1v) is 6.54. The van der Waals surface area contributed by atoms with Crippen molar-refractivity contribution in [3.8, 4) is 0 Å². The molecule has 0 aromatic heterocycles. The molecule has 0 heterocycles. The Hall–Kier alpha value is -0.120. The summed E-state index contributed by atoms with van der Waals surface area (Å²) >= 11 is 0. The zero-order valence-electron chi connectivity index (χ0n) is 11.1. The highest BCUT2D eigenvalue weighted by atomic mass is 16.5. The highest BCUT2D eigenvalue weighted by Crippen LogP contribution is 2.45. The molecular weight excluding hydrogens is 202 g/mol. The fourth-order valence-electron chi connectivity index (χ4n) is 2.47. The molecule has 96 valence electrons. The van der Waals surface area contributed by atoms with Gasteiger partial charge < -0.3 is 15.2 Å². The predicted octanol–water partition coefficient (Wildman–Crippen LogP) is 1.80. The summed E-state index contributed by atoms with van der Waals surface area (Å²) in [4.78, 5) is 0. The molecule has 0 aliphatic heterocycles. The van der Waals surface area contributed by atoms with E-state index in [-0.39, 0.29) is 12.0 Å². The van der Waals surface area contributed by atoms with Crippen molar-refractivity contribution in [2.24, 2.45) is 11.3 Å². The van der Waals surface area contributed by atoms with E-state index in [1.807, 2.05) is 0 Å². The number of hydrogen-bond donors (Lipinski definition) is 2. The fraction of sp³-hybridized carbons (Fsp3) is 1.00. The van der Waals surface area contributed by atoms with Gasteiger partial charge in [0.1, 0.15) is 0 Å². The first-order chi connectivity index (χ1) is 7.58. The molecule has 4 atom stereocenters. The molecule has 1 rings (SSSR count). The van der Waals surface area contributed by atoms with E-state index >= 15 is 0 Å². The minimum absolute atomic E-state index is 0.261. The maximum Gasteiger partial charge on any atom is 0.0658 e. The van der Waals surface area contributed by atoms with Crippen LogP contribution in [0.3, 0.4) is 0 Å². The molecule has 0 spiro atoms. The lowest BCUT2D eigenvalue weighted by Gasteiger charge is -2.54. The molecule has 16 heavy (non-hydrogen) atoms. The van der Waals surface area contributed by atoms with Crippen molar-refractivity contribution in [1.82, 2.24) is 5.32 Å². The van der Waals surface area contributed by atoms with Crippen LogP contribution in [0.2, 0.25) is 0 Å². The largest absolute Gasteiger partial charge is 0.396 e. The molecule has 3 nitrogen and oxygen atoms in total. The summed E-state index contributed by atoms with van der Waals surface area (Å²) in [6.45, 7) is 10.6. The van der Waals surface area contributed by atoms with E-state index in [1.54, 1.807) is 0 Å². The summed E-state index contributed by atoms with van der Waals surface area (Å²) in [6, 6.07) is 0.544. The molecule has 0 amide bonds. The zero-order chi connectivity index (χ0) is 12.2. The topological polar surface area (TPSA) is 41.5 Å². The molecule has 1 aliphatic rings. The van der Waals surface area contributed by atoms with Crippen molar-refractivity contribution < 1.29 is 9.84 Å². The molecule has 1 aliphatic carbocycles. The third kappa shape index (κ3) is 2.76. The minimum atomic E-state index is 0.261. The molecule has 0 saturated heterocycles. The zero-order valence-corrected chi connectivity index (χ0v) is 11.1. The van der Waals surface area contributed by atoms with Crippen molar-refractivity contribution in [2.45, 2.75) is 52.7 Å². The van der Waals surface area contributed by atoms with Crippen LogP contribution in [0.5, 0.6) is 0 Å². The lowest BCUT2D eigenvalue weighted by Crippen LogP contribution is -2.62. The average molecular weight is 229 g/mol. The Labute approximate surface area is 99.6 Å². The van der Waals surface area contributed by atoms with Gasteiger partial charge in [-0.1, -0.05) is 20.8 Å². The van der Waals surface area contributed by atoms with Crippen molar-refractivity contribution in [3.63, 3.8) is 0 Å². The van der Waals surface area contributed by atoms with Crippen molar-refractivity contribution in [2.75, 3.05) is 19.8 Å². The lowest BCUT2D eigenvalue weighted by atomic mass is 9.61. The molecule has 0 radical (unpaired) electrons. The van der Waals surface area contributed by atoms with Crippen LogP contribution in [0.1, 0.15) is 40.5 Å². The van der Waals surface area contributed by atoms with E-state index in [9.17, 15) is 0 Å². The number of aliphatic hydroxyl groups excluding tert-OH is 1. The second-order valence-electron chi connectivity index (χ2n) is 5.29. The van der Waals surface area contributed by atoms with Gasteiger partial charge in [0, 0.05) is 31.2 Å². The first kappa shape index (κ1) is 13.9. The van der Waals surface area contributed by atoms with Gasteiger partial charge in [0.15, 0.2) is 0 Å². The second kappa shape index (κ2) is 5.99.